The van der Waals surface area contributed by atoms with Gasteiger partial charge < -0.3 is 5.73 Å². The van der Waals surface area contributed by atoms with Gasteiger partial charge in [-0.05, 0) is 67.0 Å². The van der Waals surface area contributed by atoms with Crippen molar-refractivity contribution in [1.82, 2.24) is 9.62 Å². The van der Waals surface area contributed by atoms with Crippen molar-refractivity contribution in [3.63, 3.8) is 0 Å². The number of sulfonamides is 1. The van der Waals surface area contributed by atoms with Crippen LogP contribution in [0, 0.1) is 0 Å². The molecule has 1 atom stereocenters. The standard InChI is InChI=1S/C13H20BrN3O2S/c1-10(17-6-2-3-7-17)9-16-20(18,19)13-8-11(15)4-5-12(13)14/h4-5,8,10,16H,2-3,6-7,9,15H2,1H3. The maximum atomic E-state index is 12.3. The van der Waals surface area contributed by atoms with E-state index in [-0.39, 0.29) is 10.9 Å². The summed E-state index contributed by atoms with van der Waals surface area (Å²) in [4.78, 5) is 2.49. The molecule has 1 aromatic rings. The first-order valence-electron chi connectivity index (χ1n) is 6.69. The fourth-order valence-corrected chi connectivity index (χ4v) is 4.46. The van der Waals surface area contributed by atoms with E-state index in [4.69, 9.17) is 5.73 Å². The molecule has 0 amide bonds. The molecule has 2 rings (SSSR count). The average Bonchev–Trinajstić information content (AvgIpc) is 2.93. The molecule has 7 heteroatoms. The summed E-state index contributed by atoms with van der Waals surface area (Å²) in [5.74, 6) is 0. The zero-order valence-corrected chi connectivity index (χ0v) is 13.9. The van der Waals surface area contributed by atoms with Gasteiger partial charge in [-0.25, -0.2) is 13.1 Å². The van der Waals surface area contributed by atoms with Gasteiger partial charge in [-0.1, -0.05) is 0 Å². The van der Waals surface area contributed by atoms with Crippen molar-refractivity contribution >= 4 is 31.6 Å². The van der Waals surface area contributed by atoms with Crippen molar-refractivity contribution in [3.8, 4) is 0 Å². The maximum absolute atomic E-state index is 12.3. The third kappa shape index (κ3) is 3.72. The van der Waals surface area contributed by atoms with E-state index in [2.05, 4.69) is 25.6 Å². The Morgan fingerprint density at radius 1 is 1.40 bits per heavy atom. The Bertz CT molecular complexity index is 571. The highest BCUT2D eigenvalue weighted by Gasteiger charge is 2.22. The Labute approximate surface area is 128 Å². The number of hydrogen-bond donors (Lipinski definition) is 2. The van der Waals surface area contributed by atoms with E-state index in [0.717, 1.165) is 13.1 Å². The normalized spacial score (nSPS) is 18.3. The summed E-state index contributed by atoms with van der Waals surface area (Å²) in [7, 11) is -3.54. The molecule has 1 fully saturated rings. The highest BCUT2D eigenvalue weighted by Crippen LogP contribution is 2.24. The number of hydrogen-bond acceptors (Lipinski definition) is 4. The summed E-state index contributed by atoms with van der Waals surface area (Å²) >= 11 is 3.25. The minimum atomic E-state index is -3.54. The Morgan fingerprint density at radius 3 is 2.70 bits per heavy atom. The van der Waals surface area contributed by atoms with Crippen molar-refractivity contribution in [2.24, 2.45) is 0 Å². The van der Waals surface area contributed by atoms with E-state index in [1.54, 1.807) is 12.1 Å². The number of nitrogens with two attached hydrogens (primary N) is 1. The van der Waals surface area contributed by atoms with E-state index < -0.39 is 10.0 Å². The molecule has 1 saturated heterocycles. The lowest BCUT2D eigenvalue weighted by Gasteiger charge is -2.23. The van der Waals surface area contributed by atoms with Gasteiger partial charge in [-0.2, -0.15) is 0 Å². The van der Waals surface area contributed by atoms with E-state index in [1.807, 2.05) is 6.92 Å². The predicted octanol–water partition coefficient (Wildman–Crippen LogP) is 1.79. The lowest BCUT2D eigenvalue weighted by Crippen LogP contribution is -2.40. The Hall–Kier alpha value is -0.630. The third-order valence-electron chi connectivity index (χ3n) is 3.58. The lowest BCUT2D eigenvalue weighted by atomic mass is 10.3. The monoisotopic (exact) mass is 361 g/mol. The molecule has 20 heavy (non-hydrogen) atoms. The molecule has 0 saturated carbocycles. The predicted molar refractivity (Wildman–Crippen MR) is 84.0 cm³/mol. The van der Waals surface area contributed by atoms with Crippen LogP contribution < -0.4 is 10.5 Å². The summed E-state index contributed by atoms with van der Waals surface area (Å²) in [6.07, 6.45) is 2.38. The minimum absolute atomic E-state index is 0.186. The van der Waals surface area contributed by atoms with Gasteiger partial charge in [-0.15, -0.1) is 0 Å². The Kier molecular flexibility index (Phi) is 5.06. The zero-order valence-electron chi connectivity index (χ0n) is 11.5. The molecule has 5 nitrogen and oxygen atoms in total. The largest absolute Gasteiger partial charge is 0.399 e. The molecule has 0 bridgehead atoms. The maximum Gasteiger partial charge on any atom is 0.241 e. The smallest absolute Gasteiger partial charge is 0.241 e. The highest BCUT2D eigenvalue weighted by molar-refractivity contribution is 9.10. The van der Waals surface area contributed by atoms with Crippen molar-refractivity contribution in [2.75, 3.05) is 25.4 Å². The summed E-state index contributed by atoms with van der Waals surface area (Å²) < 4.78 is 27.8. The fraction of sp³-hybridized carbons (Fsp3) is 0.538. The number of nitrogen functional groups attached to an aromatic ring is 1. The number of nitrogens with zero attached hydrogens (tertiary/aromatic N) is 1. The van der Waals surface area contributed by atoms with Crippen LogP contribution in [0.25, 0.3) is 0 Å². The minimum Gasteiger partial charge on any atom is -0.399 e. The van der Waals surface area contributed by atoms with Gasteiger partial charge in [-0.3, -0.25) is 4.90 Å². The number of nitrogens with one attached hydrogen (secondary N) is 1. The summed E-state index contributed by atoms with van der Waals surface area (Å²) in [6.45, 7) is 4.54. The van der Waals surface area contributed by atoms with Gasteiger partial charge >= 0.3 is 0 Å². The van der Waals surface area contributed by atoms with Crippen LogP contribution in [0.3, 0.4) is 0 Å². The Balaban J connectivity index is 2.05. The molecule has 0 aromatic heterocycles. The van der Waals surface area contributed by atoms with Gasteiger partial charge in [0, 0.05) is 22.7 Å². The summed E-state index contributed by atoms with van der Waals surface area (Å²) in [5.41, 5.74) is 6.09. The molecule has 112 valence electrons. The van der Waals surface area contributed by atoms with Gasteiger partial charge in [0.25, 0.3) is 0 Å². The molecule has 3 N–H and O–H groups in total. The van der Waals surface area contributed by atoms with Crippen molar-refractivity contribution in [2.45, 2.75) is 30.7 Å². The van der Waals surface area contributed by atoms with Gasteiger partial charge in [0.05, 0.1) is 4.90 Å². The number of benzene rings is 1. The molecule has 0 radical (unpaired) electrons. The second-order valence-electron chi connectivity index (χ2n) is 5.13. The molecular formula is C13H20BrN3O2S. The average molecular weight is 362 g/mol. The van der Waals surface area contributed by atoms with Crippen LogP contribution in [0.2, 0.25) is 0 Å². The first-order chi connectivity index (χ1) is 9.40. The molecule has 0 aliphatic carbocycles. The number of halogens is 1. The first-order valence-corrected chi connectivity index (χ1v) is 8.96. The second-order valence-corrected chi connectivity index (χ2v) is 7.72. The Morgan fingerprint density at radius 2 is 2.05 bits per heavy atom. The third-order valence-corrected chi connectivity index (χ3v) is 5.99. The van der Waals surface area contributed by atoms with Crippen LogP contribution >= 0.6 is 15.9 Å². The molecule has 1 aliphatic rings. The fourth-order valence-electron chi connectivity index (χ4n) is 2.35. The molecule has 1 unspecified atom stereocenters. The summed E-state index contributed by atoms with van der Waals surface area (Å²) in [5, 5.41) is 0. The zero-order chi connectivity index (χ0) is 14.8. The first kappa shape index (κ1) is 15.8. The van der Waals surface area contributed by atoms with Crippen LogP contribution in [-0.4, -0.2) is 39.0 Å². The van der Waals surface area contributed by atoms with Crippen molar-refractivity contribution < 1.29 is 8.42 Å². The van der Waals surface area contributed by atoms with Crippen LogP contribution in [0.15, 0.2) is 27.6 Å². The number of rotatable bonds is 5. The van der Waals surface area contributed by atoms with Crippen LogP contribution in [-0.2, 0) is 10.0 Å². The van der Waals surface area contributed by atoms with Crippen LogP contribution in [0.4, 0.5) is 5.69 Å². The molecular weight excluding hydrogens is 342 g/mol. The molecule has 1 aliphatic heterocycles. The van der Waals surface area contributed by atoms with Crippen LogP contribution in [0.1, 0.15) is 19.8 Å². The van der Waals surface area contributed by atoms with Gasteiger partial charge in [0.15, 0.2) is 0 Å². The highest BCUT2D eigenvalue weighted by atomic mass is 79.9. The SMILES string of the molecule is CC(CNS(=O)(=O)c1cc(N)ccc1Br)N1CCCC1. The van der Waals surface area contributed by atoms with Crippen molar-refractivity contribution in [1.29, 1.82) is 0 Å². The van der Waals surface area contributed by atoms with Crippen molar-refractivity contribution in [3.05, 3.63) is 22.7 Å². The number of anilines is 1. The number of likely N-dealkylation sites (tertiary alicyclic amines) is 1. The van der Waals surface area contributed by atoms with Crippen LogP contribution in [0.5, 0.6) is 0 Å². The molecule has 1 heterocycles. The van der Waals surface area contributed by atoms with E-state index in [9.17, 15) is 8.42 Å². The lowest BCUT2D eigenvalue weighted by molar-refractivity contribution is 0.260. The molecule has 0 spiro atoms. The summed E-state index contributed by atoms with van der Waals surface area (Å²) in [6, 6.07) is 4.98. The van der Waals surface area contributed by atoms with E-state index in [0.29, 0.717) is 16.7 Å². The second kappa shape index (κ2) is 6.43. The van der Waals surface area contributed by atoms with Gasteiger partial charge in [0.1, 0.15) is 0 Å². The van der Waals surface area contributed by atoms with Gasteiger partial charge in [0.2, 0.25) is 10.0 Å². The van der Waals surface area contributed by atoms with E-state index >= 15 is 0 Å². The topological polar surface area (TPSA) is 75.4 Å². The molecule has 1 aromatic carbocycles. The quantitative estimate of drug-likeness (QED) is 0.784. The van der Waals surface area contributed by atoms with E-state index in [1.165, 1.54) is 18.9 Å².